The van der Waals surface area contributed by atoms with E-state index in [9.17, 15) is 19.8 Å². The van der Waals surface area contributed by atoms with Gasteiger partial charge in [0.05, 0.1) is 16.5 Å². The molecule has 0 spiro atoms. The number of hydrogen-bond donors (Lipinski definition) is 3. The molecule has 0 unspecified atom stereocenters. The number of carbonyl (C=O) groups excluding carboxylic acids is 1. The minimum absolute atomic E-state index is 0. The van der Waals surface area contributed by atoms with Crippen molar-refractivity contribution < 1.29 is 15.0 Å². The lowest BCUT2D eigenvalue weighted by molar-refractivity contribution is -0.188. The third-order valence-electron chi connectivity index (χ3n) is 6.12. The normalized spacial score (nSPS) is 16.1. The maximum Gasteiger partial charge on any atom is 0.265 e. The fourth-order valence-electron chi connectivity index (χ4n) is 4.25. The fourth-order valence-corrected chi connectivity index (χ4v) is 4.25. The highest BCUT2D eigenvalue weighted by Gasteiger charge is 2.29. The standard InChI is InChI=1S/C24H24N4O4.ClH/c29-22(25-9-13-27-11-7-24(31,32)8-12-27)18-6-3-10-28-21(18)26-20-15-17-5-2-1-4-16(17)14-19(20)23(28)30;/h1-6,10,14-15,31-32H,7-9,11-13H2,(H,25,29);1H. The number of piperidine rings is 1. The summed E-state index contributed by atoms with van der Waals surface area (Å²) in [5, 5.41) is 24.6. The molecule has 0 bridgehead atoms. The van der Waals surface area contributed by atoms with Crippen LogP contribution < -0.4 is 10.9 Å². The number of nitrogens with zero attached hydrogens (tertiary/aromatic N) is 3. The number of likely N-dealkylation sites (tertiary alicyclic amines) is 1. The van der Waals surface area contributed by atoms with E-state index in [1.165, 1.54) is 4.40 Å². The Kier molecular flexibility index (Phi) is 6.36. The summed E-state index contributed by atoms with van der Waals surface area (Å²) in [6.45, 7) is 2.14. The van der Waals surface area contributed by atoms with Crippen molar-refractivity contribution >= 4 is 45.6 Å². The summed E-state index contributed by atoms with van der Waals surface area (Å²) >= 11 is 0. The first kappa shape index (κ1) is 23.1. The molecule has 5 rings (SSSR count). The summed E-state index contributed by atoms with van der Waals surface area (Å²) in [7, 11) is 0. The van der Waals surface area contributed by atoms with Gasteiger partial charge in [-0.1, -0.05) is 24.3 Å². The van der Waals surface area contributed by atoms with Gasteiger partial charge in [0.15, 0.2) is 11.4 Å². The SMILES string of the molecule is Cl.O=C(NCCN1CCC(O)(O)CC1)c1cccn2c(=O)c3cc4ccccc4cc3nc12. The van der Waals surface area contributed by atoms with Crippen LogP contribution in [0.25, 0.3) is 27.3 Å². The number of benzene rings is 2. The number of aliphatic hydroxyl groups is 2. The second-order valence-electron chi connectivity index (χ2n) is 8.33. The molecule has 0 saturated carbocycles. The van der Waals surface area contributed by atoms with Crippen molar-refractivity contribution in [1.82, 2.24) is 19.6 Å². The molecule has 172 valence electrons. The summed E-state index contributed by atoms with van der Waals surface area (Å²) in [6, 6.07) is 14.8. The lowest BCUT2D eigenvalue weighted by Crippen LogP contribution is -2.46. The highest BCUT2D eigenvalue weighted by molar-refractivity contribution is 6.02. The number of hydrogen-bond acceptors (Lipinski definition) is 6. The minimum atomic E-state index is -1.59. The second-order valence-corrected chi connectivity index (χ2v) is 8.33. The van der Waals surface area contributed by atoms with Gasteiger partial charge in [0.2, 0.25) is 0 Å². The summed E-state index contributed by atoms with van der Waals surface area (Å²) in [5.74, 6) is -1.89. The summed E-state index contributed by atoms with van der Waals surface area (Å²) in [6.07, 6.45) is 2.21. The molecule has 1 saturated heterocycles. The molecule has 1 fully saturated rings. The highest BCUT2D eigenvalue weighted by Crippen LogP contribution is 2.21. The predicted molar refractivity (Wildman–Crippen MR) is 129 cm³/mol. The third-order valence-corrected chi connectivity index (χ3v) is 6.12. The number of nitrogens with one attached hydrogen (secondary N) is 1. The van der Waals surface area contributed by atoms with Crippen molar-refractivity contribution in [2.75, 3.05) is 26.2 Å². The van der Waals surface area contributed by atoms with E-state index >= 15 is 0 Å². The molecule has 4 aromatic rings. The Bertz CT molecular complexity index is 1390. The second kappa shape index (κ2) is 9.07. The van der Waals surface area contributed by atoms with Gasteiger partial charge in [-0.15, -0.1) is 12.4 Å². The molecule has 2 aromatic heterocycles. The van der Waals surface area contributed by atoms with Crippen LogP contribution in [-0.2, 0) is 0 Å². The van der Waals surface area contributed by atoms with Gasteiger partial charge in [0.1, 0.15) is 0 Å². The number of carbonyl (C=O) groups is 1. The molecule has 0 atom stereocenters. The molecule has 1 aliphatic rings. The van der Waals surface area contributed by atoms with Crippen molar-refractivity contribution in [3.63, 3.8) is 0 Å². The van der Waals surface area contributed by atoms with Gasteiger partial charge in [-0.05, 0) is 35.0 Å². The first-order valence-electron chi connectivity index (χ1n) is 10.7. The Morgan fingerprint density at radius 3 is 2.48 bits per heavy atom. The zero-order valence-electron chi connectivity index (χ0n) is 17.9. The molecule has 0 radical (unpaired) electrons. The predicted octanol–water partition coefficient (Wildman–Crippen LogP) is 1.93. The molecule has 1 aliphatic heterocycles. The van der Waals surface area contributed by atoms with Crippen molar-refractivity contribution in [3.8, 4) is 0 Å². The third kappa shape index (κ3) is 4.56. The van der Waals surface area contributed by atoms with Gasteiger partial charge in [-0.2, -0.15) is 0 Å². The average molecular weight is 469 g/mol. The number of pyridine rings is 1. The monoisotopic (exact) mass is 468 g/mol. The van der Waals surface area contributed by atoms with E-state index in [1.807, 2.05) is 36.4 Å². The smallest absolute Gasteiger partial charge is 0.265 e. The molecule has 33 heavy (non-hydrogen) atoms. The Morgan fingerprint density at radius 2 is 1.76 bits per heavy atom. The Labute approximate surface area is 195 Å². The van der Waals surface area contributed by atoms with Crippen LogP contribution in [0.4, 0.5) is 0 Å². The Hall–Kier alpha value is -3.04. The maximum absolute atomic E-state index is 13.1. The molecular formula is C24H25ClN4O4. The van der Waals surface area contributed by atoms with Gasteiger partial charge >= 0.3 is 0 Å². The van der Waals surface area contributed by atoms with Crippen LogP contribution in [0.3, 0.4) is 0 Å². The van der Waals surface area contributed by atoms with E-state index in [0.717, 1.165) is 10.8 Å². The van der Waals surface area contributed by atoms with E-state index in [-0.39, 0.29) is 23.9 Å². The van der Waals surface area contributed by atoms with Gasteiger partial charge in [0.25, 0.3) is 11.5 Å². The molecular weight excluding hydrogens is 444 g/mol. The lowest BCUT2D eigenvalue weighted by atomic mass is 10.0. The lowest BCUT2D eigenvalue weighted by Gasteiger charge is -2.34. The molecule has 2 aromatic carbocycles. The summed E-state index contributed by atoms with van der Waals surface area (Å²) in [5.41, 5.74) is 0.998. The fraction of sp³-hybridized carbons (Fsp3) is 0.292. The van der Waals surface area contributed by atoms with Crippen molar-refractivity contribution in [1.29, 1.82) is 0 Å². The van der Waals surface area contributed by atoms with E-state index in [2.05, 4.69) is 15.2 Å². The van der Waals surface area contributed by atoms with Crippen LogP contribution in [0, 0.1) is 0 Å². The molecule has 3 N–H and O–H groups in total. The quantitative estimate of drug-likeness (QED) is 0.312. The van der Waals surface area contributed by atoms with Gasteiger partial charge in [0, 0.05) is 45.2 Å². The molecule has 9 heteroatoms. The number of halogens is 1. The van der Waals surface area contributed by atoms with Crippen LogP contribution in [0.5, 0.6) is 0 Å². The van der Waals surface area contributed by atoms with Crippen molar-refractivity contribution in [3.05, 3.63) is 70.6 Å². The van der Waals surface area contributed by atoms with Crippen LogP contribution in [0.1, 0.15) is 23.2 Å². The van der Waals surface area contributed by atoms with Crippen molar-refractivity contribution in [2.45, 2.75) is 18.6 Å². The molecule has 8 nitrogen and oxygen atoms in total. The van der Waals surface area contributed by atoms with Crippen LogP contribution in [0.2, 0.25) is 0 Å². The maximum atomic E-state index is 13.1. The zero-order valence-corrected chi connectivity index (χ0v) is 18.7. The van der Waals surface area contributed by atoms with E-state index in [1.54, 1.807) is 18.3 Å². The zero-order chi connectivity index (χ0) is 22.3. The minimum Gasteiger partial charge on any atom is -0.366 e. The van der Waals surface area contributed by atoms with E-state index < -0.39 is 5.79 Å². The summed E-state index contributed by atoms with van der Waals surface area (Å²) < 4.78 is 1.42. The number of fused-ring (bicyclic) bond motifs is 3. The van der Waals surface area contributed by atoms with Crippen LogP contribution in [-0.4, -0.2) is 62.4 Å². The Balaban J connectivity index is 0.00000259. The first-order valence-corrected chi connectivity index (χ1v) is 10.7. The van der Waals surface area contributed by atoms with Gasteiger partial charge in [-0.25, -0.2) is 4.98 Å². The molecule has 3 heterocycles. The Morgan fingerprint density at radius 1 is 1.06 bits per heavy atom. The van der Waals surface area contributed by atoms with Gasteiger partial charge in [-0.3, -0.25) is 14.0 Å². The first-order chi connectivity index (χ1) is 15.4. The largest absolute Gasteiger partial charge is 0.366 e. The molecule has 1 amide bonds. The highest BCUT2D eigenvalue weighted by atomic mass is 35.5. The number of aromatic nitrogens is 2. The average Bonchev–Trinajstić information content (AvgIpc) is 2.79. The van der Waals surface area contributed by atoms with E-state index in [4.69, 9.17) is 0 Å². The van der Waals surface area contributed by atoms with E-state index in [0.29, 0.717) is 61.1 Å². The topological polar surface area (TPSA) is 107 Å². The van der Waals surface area contributed by atoms with Crippen molar-refractivity contribution in [2.24, 2.45) is 0 Å². The number of rotatable bonds is 4. The van der Waals surface area contributed by atoms with Crippen LogP contribution >= 0.6 is 12.4 Å². The van der Waals surface area contributed by atoms with Crippen LogP contribution in [0.15, 0.2) is 59.5 Å². The van der Waals surface area contributed by atoms with Gasteiger partial charge < -0.3 is 20.4 Å². The molecule has 0 aliphatic carbocycles. The summed E-state index contributed by atoms with van der Waals surface area (Å²) in [4.78, 5) is 32.8. The number of amides is 1.